The summed E-state index contributed by atoms with van der Waals surface area (Å²) in [6.07, 6.45) is 4.95. The van der Waals surface area contributed by atoms with Gasteiger partial charge in [0.1, 0.15) is 0 Å². The average Bonchev–Trinajstić information content (AvgIpc) is 3.69. The topological polar surface area (TPSA) is 11.4 Å². The zero-order valence-electron chi connectivity index (χ0n) is 44.6. The molecule has 0 N–H and O–H groups in total. The van der Waals surface area contributed by atoms with Crippen LogP contribution >= 0.6 is 0 Å². The Balaban J connectivity index is 1.31. The van der Waals surface area contributed by atoms with Gasteiger partial charge in [0.05, 0.1) is 41.0 Å². The van der Waals surface area contributed by atoms with Crippen LogP contribution in [0.5, 0.6) is 0 Å². The lowest BCUT2D eigenvalue weighted by molar-refractivity contribution is 0.195. The van der Waals surface area contributed by atoms with E-state index in [4.69, 9.17) is 0 Å². The zero-order chi connectivity index (χ0) is 48.6. The molecule has 350 valence electrons. The molecule has 0 saturated heterocycles. The molecule has 1 saturated carbocycles. The van der Waals surface area contributed by atoms with E-state index < -0.39 is 24.2 Å². The molecule has 2 unspecified atom stereocenters. The van der Waals surface area contributed by atoms with Crippen molar-refractivity contribution in [1.29, 1.82) is 0 Å². The SMILES string of the molecule is CC(C)(C)c1ccc(N(c2ccc(C(C)(C)C)cc2)c2cc3c4c(c2)-n2c5ccc([Si](C)(C)C)cc5c5cc([Si](C)(C)C)cc(c52)B4c2cc([Si](C)(C)C)cc4c2N3C2(C)CCCCC42C)cc1. The van der Waals surface area contributed by atoms with Gasteiger partial charge in [0.15, 0.2) is 0 Å². The smallest absolute Gasteiger partial charge is 0.252 e. The third-order valence-electron chi connectivity index (χ3n) is 17.5. The molecule has 0 amide bonds. The quantitative estimate of drug-likeness (QED) is 0.154. The Morgan fingerprint density at radius 1 is 0.529 bits per heavy atom. The largest absolute Gasteiger partial charge is 0.335 e. The average molecular weight is 946 g/mol. The van der Waals surface area contributed by atoms with Crippen molar-refractivity contribution < 1.29 is 0 Å². The van der Waals surface area contributed by atoms with Crippen molar-refractivity contribution in [3.05, 3.63) is 120 Å². The standard InChI is InChI=1S/C61H76BN3Si3/c1-58(2,3)39-20-24-41(25-21-39)63(42-26-22-40(23-27-42)59(4,5)6)43-32-53-55-54(33-43)65-57-49(60(7)30-18-19-31-61(60,65)8)36-46(68(15,16)17)38-51(57)62(55)50-37-45(67(12,13)14)35-48-47-34-44(66(9,10)11)28-29-52(47)64(53)56(48)50/h20-29,32-38H,18-19,30-31H2,1-17H3. The van der Waals surface area contributed by atoms with E-state index in [0.29, 0.717) is 0 Å². The summed E-state index contributed by atoms with van der Waals surface area (Å²) in [4.78, 5) is 5.52. The van der Waals surface area contributed by atoms with Gasteiger partial charge in [-0.1, -0.05) is 196 Å². The molecule has 3 aliphatic heterocycles. The van der Waals surface area contributed by atoms with E-state index in [0.717, 1.165) is 0 Å². The van der Waals surface area contributed by atoms with Crippen molar-refractivity contribution in [2.24, 2.45) is 0 Å². The van der Waals surface area contributed by atoms with Crippen LogP contribution in [0.3, 0.4) is 0 Å². The Hall–Kier alpha value is -4.56. The summed E-state index contributed by atoms with van der Waals surface area (Å²) < 4.78 is 2.75. The van der Waals surface area contributed by atoms with Crippen molar-refractivity contribution in [2.45, 2.75) is 162 Å². The van der Waals surface area contributed by atoms with Crippen LogP contribution in [-0.2, 0) is 16.2 Å². The molecular weight excluding hydrogens is 870 g/mol. The van der Waals surface area contributed by atoms with Gasteiger partial charge in [-0.15, -0.1) is 0 Å². The number of aromatic nitrogens is 1. The first-order valence-electron chi connectivity index (χ1n) is 25.9. The lowest BCUT2D eigenvalue weighted by Crippen LogP contribution is -2.65. The van der Waals surface area contributed by atoms with Crippen molar-refractivity contribution in [3.8, 4) is 5.69 Å². The first-order valence-corrected chi connectivity index (χ1v) is 36.4. The molecule has 4 aliphatic rings. The highest BCUT2D eigenvalue weighted by Gasteiger charge is 2.61. The number of rotatable bonds is 6. The van der Waals surface area contributed by atoms with Crippen LogP contribution in [0.2, 0.25) is 58.9 Å². The summed E-state index contributed by atoms with van der Waals surface area (Å²) in [5, 5.41) is 7.56. The summed E-state index contributed by atoms with van der Waals surface area (Å²) >= 11 is 0. The second-order valence-corrected chi connectivity index (χ2v) is 42.4. The van der Waals surface area contributed by atoms with E-state index >= 15 is 0 Å². The summed E-state index contributed by atoms with van der Waals surface area (Å²) in [6.45, 7) is 42.3. The monoisotopic (exact) mass is 946 g/mol. The van der Waals surface area contributed by atoms with E-state index in [2.05, 4.69) is 232 Å². The zero-order valence-corrected chi connectivity index (χ0v) is 47.6. The maximum Gasteiger partial charge on any atom is 0.252 e. The molecule has 4 heterocycles. The highest BCUT2D eigenvalue weighted by atomic mass is 28.3. The van der Waals surface area contributed by atoms with Crippen LogP contribution in [0.15, 0.2) is 103 Å². The normalized spacial score (nSPS) is 20.0. The van der Waals surface area contributed by atoms with E-state index in [9.17, 15) is 0 Å². The molecule has 0 spiro atoms. The van der Waals surface area contributed by atoms with Crippen LogP contribution in [0.4, 0.5) is 28.4 Å². The molecule has 11 rings (SSSR count). The molecule has 0 radical (unpaired) electrons. The van der Waals surface area contributed by atoms with Crippen molar-refractivity contribution in [1.82, 2.24) is 4.57 Å². The molecule has 2 atom stereocenters. The fraction of sp³-hybridized carbons (Fsp3) is 0.410. The van der Waals surface area contributed by atoms with E-state index in [-0.39, 0.29) is 28.5 Å². The number of nitrogens with zero attached hydrogens (tertiary/aromatic N) is 3. The van der Waals surface area contributed by atoms with Crippen molar-refractivity contribution in [3.63, 3.8) is 0 Å². The van der Waals surface area contributed by atoms with Gasteiger partial charge in [-0.2, -0.15) is 0 Å². The molecule has 1 aromatic heterocycles. The summed E-state index contributed by atoms with van der Waals surface area (Å²) in [6, 6.07) is 42.6. The lowest BCUT2D eigenvalue weighted by Gasteiger charge is -2.52. The van der Waals surface area contributed by atoms with E-state index in [1.54, 1.807) is 21.4 Å². The van der Waals surface area contributed by atoms with Gasteiger partial charge in [-0.25, -0.2) is 0 Å². The predicted molar refractivity (Wildman–Crippen MR) is 309 cm³/mol. The van der Waals surface area contributed by atoms with Gasteiger partial charge in [0, 0.05) is 50.1 Å². The maximum atomic E-state index is 2.95. The molecular formula is C61H76BN3Si3. The molecule has 1 aliphatic carbocycles. The third kappa shape index (κ3) is 6.60. The Kier molecular flexibility index (Phi) is 9.79. The maximum absolute atomic E-state index is 2.95. The van der Waals surface area contributed by atoms with E-state index in [1.807, 2.05) is 0 Å². The Bertz CT molecular complexity index is 3180. The first kappa shape index (κ1) is 45.9. The van der Waals surface area contributed by atoms with Gasteiger partial charge >= 0.3 is 0 Å². The Morgan fingerprint density at radius 2 is 1.04 bits per heavy atom. The van der Waals surface area contributed by atoms with Gasteiger partial charge in [0.2, 0.25) is 0 Å². The second-order valence-electron chi connectivity index (χ2n) is 27.1. The number of fused-ring (bicyclic) bond motifs is 10. The van der Waals surface area contributed by atoms with Crippen LogP contribution in [0.1, 0.15) is 97.8 Å². The number of hydrogen-bond donors (Lipinski definition) is 0. The fourth-order valence-corrected chi connectivity index (χ4v) is 16.5. The Labute approximate surface area is 412 Å². The van der Waals surface area contributed by atoms with Crippen LogP contribution in [0, 0.1) is 0 Å². The number of hydrogen-bond acceptors (Lipinski definition) is 2. The van der Waals surface area contributed by atoms with Crippen molar-refractivity contribution >= 4 is 113 Å². The highest BCUT2D eigenvalue weighted by Crippen LogP contribution is 2.62. The van der Waals surface area contributed by atoms with Crippen LogP contribution in [0.25, 0.3) is 27.5 Å². The molecule has 1 fully saturated rings. The summed E-state index contributed by atoms with van der Waals surface area (Å²) in [5.41, 5.74) is 19.6. The minimum atomic E-state index is -1.77. The minimum Gasteiger partial charge on any atom is -0.335 e. The molecule has 7 aromatic rings. The number of anilines is 5. The third-order valence-corrected chi connectivity index (χ3v) is 23.6. The molecule has 0 bridgehead atoms. The van der Waals surface area contributed by atoms with Crippen LogP contribution in [-0.4, -0.2) is 41.0 Å². The molecule has 6 aromatic carbocycles. The second kappa shape index (κ2) is 14.5. The first-order chi connectivity index (χ1) is 31.6. The highest BCUT2D eigenvalue weighted by molar-refractivity contribution is 7.01. The van der Waals surface area contributed by atoms with Gasteiger partial charge in [-0.05, 0) is 106 Å². The summed E-state index contributed by atoms with van der Waals surface area (Å²) in [5.74, 6) is 0. The minimum absolute atomic E-state index is 0.0252. The molecule has 3 nitrogen and oxygen atoms in total. The molecule has 68 heavy (non-hydrogen) atoms. The van der Waals surface area contributed by atoms with Gasteiger partial charge in [0.25, 0.3) is 6.71 Å². The van der Waals surface area contributed by atoms with Crippen molar-refractivity contribution in [2.75, 3.05) is 9.80 Å². The summed E-state index contributed by atoms with van der Waals surface area (Å²) in [7, 11) is -5.14. The van der Waals surface area contributed by atoms with Gasteiger partial charge < -0.3 is 14.4 Å². The Morgan fingerprint density at radius 3 is 1.60 bits per heavy atom. The number of benzene rings is 6. The fourth-order valence-electron chi connectivity index (χ4n) is 13.0. The van der Waals surface area contributed by atoms with Crippen LogP contribution < -0.4 is 41.7 Å². The molecule has 7 heteroatoms. The predicted octanol–water partition coefficient (Wildman–Crippen LogP) is 13.4. The van der Waals surface area contributed by atoms with E-state index in [1.165, 1.54) is 109 Å². The van der Waals surface area contributed by atoms with Gasteiger partial charge in [-0.3, -0.25) is 0 Å². The lowest BCUT2D eigenvalue weighted by atomic mass is 9.33.